The van der Waals surface area contributed by atoms with Gasteiger partial charge in [0.2, 0.25) is 11.8 Å². The lowest BCUT2D eigenvalue weighted by molar-refractivity contribution is -0.119. The fourth-order valence-electron chi connectivity index (χ4n) is 2.66. The summed E-state index contributed by atoms with van der Waals surface area (Å²) in [6, 6.07) is 8.89. The fraction of sp³-hybridized carbons (Fsp3) is 0.211. The molecule has 134 valence electrons. The highest BCUT2D eigenvalue weighted by Crippen LogP contribution is 2.34. The summed E-state index contributed by atoms with van der Waals surface area (Å²) in [5.74, 6) is 0.167. The molecule has 1 aromatic heterocycles. The van der Waals surface area contributed by atoms with Crippen molar-refractivity contribution in [3.05, 3.63) is 41.5 Å². The molecule has 3 aromatic rings. The lowest BCUT2D eigenvalue weighted by Crippen LogP contribution is -2.33. The van der Waals surface area contributed by atoms with Gasteiger partial charge in [-0.15, -0.1) is 0 Å². The monoisotopic (exact) mass is 369 g/mol. The van der Waals surface area contributed by atoms with E-state index in [2.05, 4.69) is 15.6 Å². The lowest BCUT2D eigenvalue weighted by atomic mass is 10.1. The first kappa shape index (κ1) is 17.9. The summed E-state index contributed by atoms with van der Waals surface area (Å²) in [5.41, 5.74) is 4.58. The molecule has 7 heteroatoms. The number of aryl methyl sites for hydroxylation is 2. The zero-order valence-corrected chi connectivity index (χ0v) is 15.5. The molecule has 1 amide bonds. The molecule has 0 bridgehead atoms. The second kappa shape index (κ2) is 7.13. The van der Waals surface area contributed by atoms with Gasteiger partial charge in [0.1, 0.15) is 11.3 Å². The van der Waals surface area contributed by atoms with Crippen molar-refractivity contribution in [2.45, 2.75) is 27.2 Å². The third kappa shape index (κ3) is 3.67. The van der Waals surface area contributed by atoms with Crippen LogP contribution in [-0.4, -0.2) is 21.1 Å². The first-order valence-corrected chi connectivity index (χ1v) is 8.60. The predicted molar refractivity (Wildman–Crippen MR) is 105 cm³/mol. The topological polar surface area (TPSA) is 87.4 Å². The SMILES string of the molecule is CCC(=O)NC(=S)Nc1ccc(-c2nc3cc(C)cc(C)c3o2)c(O)c1. The van der Waals surface area contributed by atoms with E-state index in [1.165, 1.54) is 6.07 Å². The molecule has 0 atom stereocenters. The highest BCUT2D eigenvalue weighted by molar-refractivity contribution is 7.80. The molecule has 3 rings (SSSR count). The van der Waals surface area contributed by atoms with Gasteiger partial charge in [-0.2, -0.15) is 0 Å². The van der Waals surface area contributed by atoms with E-state index in [4.69, 9.17) is 16.6 Å². The van der Waals surface area contributed by atoms with Crippen LogP contribution in [0.25, 0.3) is 22.6 Å². The largest absolute Gasteiger partial charge is 0.507 e. The van der Waals surface area contributed by atoms with Crippen LogP contribution in [0.15, 0.2) is 34.7 Å². The molecule has 0 saturated carbocycles. The average Bonchev–Trinajstić information content (AvgIpc) is 2.98. The van der Waals surface area contributed by atoms with E-state index in [1.807, 2.05) is 26.0 Å². The normalized spacial score (nSPS) is 10.7. The Balaban J connectivity index is 1.87. The van der Waals surface area contributed by atoms with E-state index >= 15 is 0 Å². The summed E-state index contributed by atoms with van der Waals surface area (Å²) < 4.78 is 5.83. The molecule has 2 aromatic carbocycles. The summed E-state index contributed by atoms with van der Waals surface area (Å²) >= 11 is 5.06. The van der Waals surface area contributed by atoms with Crippen LogP contribution in [0, 0.1) is 13.8 Å². The minimum atomic E-state index is -0.180. The van der Waals surface area contributed by atoms with E-state index in [1.54, 1.807) is 19.1 Å². The first-order valence-electron chi connectivity index (χ1n) is 8.19. The quantitative estimate of drug-likeness (QED) is 0.604. The van der Waals surface area contributed by atoms with Crippen LogP contribution in [0.5, 0.6) is 5.75 Å². The van der Waals surface area contributed by atoms with Crippen molar-refractivity contribution < 1.29 is 14.3 Å². The number of phenolic OH excluding ortho intramolecular Hbond substituents is 1. The third-order valence-corrected chi connectivity index (χ3v) is 4.08. The summed E-state index contributed by atoms with van der Waals surface area (Å²) in [7, 11) is 0. The molecule has 3 N–H and O–H groups in total. The van der Waals surface area contributed by atoms with Gasteiger partial charge < -0.3 is 20.2 Å². The molecule has 26 heavy (non-hydrogen) atoms. The number of phenols is 1. The smallest absolute Gasteiger partial charge is 0.231 e. The number of carbonyl (C=O) groups excluding carboxylic acids is 1. The van der Waals surface area contributed by atoms with Gasteiger partial charge in [-0.25, -0.2) is 4.98 Å². The fourth-order valence-corrected chi connectivity index (χ4v) is 2.89. The number of hydrogen-bond acceptors (Lipinski definition) is 5. The first-order chi connectivity index (χ1) is 12.4. The molecule has 1 heterocycles. The Morgan fingerprint density at radius 1 is 1.27 bits per heavy atom. The van der Waals surface area contributed by atoms with Gasteiger partial charge in [-0.1, -0.05) is 13.0 Å². The number of fused-ring (bicyclic) bond motifs is 1. The highest BCUT2D eigenvalue weighted by Gasteiger charge is 2.15. The van der Waals surface area contributed by atoms with Crippen LogP contribution in [0.2, 0.25) is 0 Å². The van der Waals surface area contributed by atoms with Gasteiger partial charge in [-0.05, 0) is 55.4 Å². The molecule has 0 fully saturated rings. The van der Waals surface area contributed by atoms with Gasteiger partial charge >= 0.3 is 0 Å². The number of aromatic hydroxyl groups is 1. The Hall–Kier alpha value is -2.93. The molecule has 0 spiro atoms. The molecule has 6 nitrogen and oxygen atoms in total. The maximum absolute atomic E-state index is 11.3. The number of nitrogens with zero attached hydrogens (tertiary/aromatic N) is 1. The predicted octanol–water partition coefficient (Wildman–Crippen LogP) is 4.04. The Morgan fingerprint density at radius 3 is 2.73 bits per heavy atom. The highest BCUT2D eigenvalue weighted by atomic mass is 32.1. The molecular weight excluding hydrogens is 350 g/mol. The second-order valence-corrected chi connectivity index (χ2v) is 6.45. The lowest BCUT2D eigenvalue weighted by Gasteiger charge is -2.10. The van der Waals surface area contributed by atoms with Crippen LogP contribution in [0.1, 0.15) is 24.5 Å². The minimum Gasteiger partial charge on any atom is -0.507 e. The van der Waals surface area contributed by atoms with Crippen molar-refractivity contribution in [1.82, 2.24) is 10.3 Å². The Labute approximate surface area is 156 Å². The van der Waals surface area contributed by atoms with E-state index in [0.717, 1.165) is 16.6 Å². The van der Waals surface area contributed by atoms with Crippen molar-refractivity contribution in [2.24, 2.45) is 0 Å². The van der Waals surface area contributed by atoms with E-state index in [-0.39, 0.29) is 16.8 Å². The number of rotatable bonds is 3. The maximum atomic E-state index is 11.3. The maximum Gasteiger partial charge on any atom is 0.231 e. The Morgan fingerprint density at radius 2 is 2.04 bits per heavy atom. The second-order valence-electron chi connectivity index (χ2n) is 6.04. The van der Waals surface area contributed by atoms with E-state index < -0.39 is 0 Å². The van der Waals surface area contributed by atoms with Crippen LogP contribution < -0.4 is 10.6 Å². The third-order valence-electron chi connectivity index (χ3n) is 3.88. The summed E-state index contributed by atoms with van der Waals surface area (Å²) in [4.78, 5) is 15.8. The van der Waals surface area contributed by atoms with Crippen LogP contribution in [0.3, 0.4) is 0 Å². The minimum absolute atomic E-state index is 0.000508. The number of aromatic nitrogens is 1. The molecule has 0 saturated heterocycles. The molecule has 0 radical (unpaired) electrons. The van der Waals surface area contributed by atoms with Crippen LogP contribution >= 0.6 is 12.2 Å². The number of benzene rings is 2. The molecule has 0 aliphatic heterocycles. The van der Waals surface area contributed by atoms with Crippen molar-refractivity contribution in [1.29, 1.82) is 0 Å². The van der Waals surface area contributed by atoms with Crippen molar-refractivity contribution in [3.8, 4) is 17.2 Å². The van der Waals surface area contributed by atoms with Crippen molar-refractivity contribution >= 4 is 40.0 Å². The van der Waals surface area contributed by atoms with Gasteiger partial charge in [0.05, 0.1) is 5.56 Å². The number of nitrogens with one attached hydrogen (secondary N) is 2. The molecule has 0 aliphatic carbocycles. The van der Waals surface area contributed by atoms with Gasteiger partial charge in [0.25, 0.3) is 0 Å². The number of oxazole rings is 1. The Kier molecular flexibility index (Phi) is 4.90. The average molecular weight is 369 g/mol. The number of amides is 1. The van der Waals surface area contributed by atoms with Crippen molar-refractivity contribution in [3.63, 3.8) is 0 Å². The zero-order valence-electron chi connectivity index (χ0n) is 14.7. The van der Waals surface area contributed by atoms with Crippen LogP contribution in [-0.2, 0) is 4.79 Å². The summed E-state index contributed by atoms with van der Waals surface area (Å²) in [6.45, 7) is 5.70. The number of thiocarbonyl (C=S) groups is 1. The van der Waals surface area contributed by atoms with Gasteiger partial charge in [0.15, 0.2) is 10.7 Å². The number of hydrogen-bond donors (Lipinski definition) is 3. The van der Waals surface area contributed by atoms with Crippen LogP contribution in [0.4, 0.5) is 5.69 Å². The van der Waals surface area contributed by atoms with Gasteiger partial charge in [-0.3, -0.25) is 4.79 Å². The van der Waals surface area contributed by atoms with E-state index in [9.17, 15) is 9.90 Å². The molecule has 0 aliphatic rings. The summed E-state index contributed by atoms with van der Waals surface area (Å²) in [5, 5.41) is 15.9. The molecular formula is C19H19N3O3S. The summed E-state index contributed by atoms with van der Waals surface area (Å²) in [6.07, 6.45) is 0.336. The zero-order chi connectivity index (χ0) is 18.8. The standard InChI is InChI=1S/C19H19N3O3S/c1-4-16(24)22-19(26)20-12-5-6-13(15(23)9-12)18-21-14-8-10(2)7-11(3)17(14)25-18/h5-9,23H,4H2,1-3H3,(H2,20,22,24,26). The Bertz CT molecular complexity index is 1010. The van der Waals surface area contributed by atoms with E-state index in [0.29, 0.717) is 29.1 Å². The number of carbonyl (C=O) groups is 1. The molecule has 0 unspecified atom stereocenters. The van der Waals surface area contributed by atoms with Crippen molar-refractivity contribution in [2.75, 3.05) is 5.32 Å². The number of anilines is 1. The van der Waals surface area contributed by atoms with Gasteiger partial charge in [0, 0.05) is 18.2 Å².